The van der Waals surface area contributed by atoms with E-state index in [1.165, 1.54) is 12.0 Å². The fraction of sp³-hybridized carbons (Fsp3) is 0.462. The Bertz CT molecular complexity index is 211. The Balaban J connectivity index is 0. The number of hydrogen-bond donors (Lipinski definition) is 0. The van der Waals surface area contributed by atoms with E-state index in [9.17, 15) is 4.79 Å². The van der Waals surface area contributed by atoms with Crippen LogP contribution in [0.25, 0.3) is 0 Å². The molecular weight excluding hydrogens is 172 g/mol. The van der Waals surface area contributed by atoms with Crippen LogP contribution in [-0.2, 0) is 0 Å². The molecular formula is C13H22O. The molecule has 1 nitrogen and oxygen atoms in total. The minimum atomic E-state index is 0.737. The number of aldehydes is 1. The summed E-state index contributed by atoms with van der Waals surface area (Å²) in [5.41, 5.74) is 1.92. The number of carbonyl (C=O) groups excluding carboxylic acids is 1. The van der Waals surface area contributed by atoms with Crippen LogP contribution >= 0.6 is 0 Å². The van der Waals surface area contributed by atoms with Crippen molar-refractivity contribution in [1.29, 1.82) is 0 Å². The highest BCUT2D eigenvalue weighted by Crippen LogP contribution is 1.98. The largest absolute Gasteiger partial charge is 0.298 e. The van der Waals surface area contributed by atoms with E-state index in [0.29, 0.717) is 0 Å². The molecule has 0 radical (unpaired) electrons. The Morgan fingerprint density at radius 2 is 1.43 bits per heavy atom. The third kappa shape index (κ3) is 8.98. The lowest BCUT2D eigenvalue weighted by atomic mass is 10.2. The van der Waals surface area contributed by atoms with Crippen LogP contribution in [0.2, 0.25) is 0 Å². The predicted molar refractivity (Wildman–Crippen MR) is 63.9 cm³/mol. The molecule has 14 heavy (non-hydrogen) atoms. The zero-order chi connectivity index (χ0) is 11.4. The highest BCUT2D eigenvalue weighted by Gasteiger charge is 1.85. The highest BCUT2D eigenvalue weighted by molar-refractivity contribution is 5.74. The fourth-order valence-electron chi connectivity index (χ4n) is 0.645. The molecule has 0 amide bonds. The van der Waals surface area contributed by atoms with Gasteiger partial charge in [0.2, 0.25) is 0 Å². The van der Waals surface area contributed by atoms with E-state index in [2.05, 4.69) is 13.8 Å². The van der Waals surface area contributed by atoms with E-state index in [1.807, 2.05) is 45.0 Å². The van der Waals surface area contributed by atoms with Gasteiger partial charge in [-0.25, -0.2) is 0 Å². The summed E-state index contributed by atoms with van der Waals surface area (Å²) in [5, 5.41) is 0. The second-order valence-electron chi connectivity index (χ2n) is 2.74. The SMILES string of the molecule is CC.CCC.Cc1ccc(C=O)cc1. The molecule has 0 heterocycles. The van der Waals surface area contributed by atoms with Crippen molar-refractivity contribution in [2.75, 3.05) is 0 Å². The summed E-state index contributed by atoms with van der Waals surface area (Å²) < 4.78 is 0. The number of carbonyl (C=O) groups is 1. The zero-order valence-electron chi connectivity index (χ0n) is 10.0. The van der Waals surface area contributed by atoms with Gasteiger partial charge >= 0.3 is 0 Å². The molecule has 0 saturated carbocycles. The van der Waals surface area contributed by atoms with Crippen LogP contribution in [0.3, 0.4) is 0 Å². The normalized spacial score (nSPS) is 7.50. The summed E-state index contributed by atoms with van der Waals surface area (Å²) in [6.07, 6.45) is 2.10. The van der Waals surface area contributed by atoms with Gasteiger partial charge in [-0.1, -0.05) is 63.9 Å². The summed E-state index contributed by atoms with van der Waals surface area (Å²) in [6.45, 7) is 10.2. The van der Waals surface area contributed by atoms with Crippen LogP contribution in [0.4, 0.5) is 0 Å². The first-order chi connectivity index (χ1) is 6.74. The molecule has 0 N–H and O–H groups in total. The topological polar surface area (TPSA) is 17.1 Å². The Morgan fingerprint density at radius 1 is 1.07 bits per heavy atom. The van der Waals surface area contributed by atoms with E-state index < -0.39 is 0 Å². The van der Waals surface area contributed by atoms with Crippen molar-refractivity contribution in [3.63, 3.8) is 0 Å². The van der Waals surface area contributed by atoms with Crippen LogP contribution in [0, 0.1) is 6.92 Å². The molecule has 0 aliphatic rings. The first-order valence-electron chi connectivity index (χ1n) is 5.26. The molecule has 1 heteroatoms. The Hall–Kier alpha value is -1.11. The van der Waals surface area contributed by atoms with E-state index in [4.69, 9.17) is 0 Å². The monoisotopic (exact) mass is 194 g/mol. The Morgan fingerprint density at radius 3 is 1.71 bits per heavy atom. The molecule has 0 aromatic heterocycles. The van der Waals surface area contributed by atoms with Crippen LogP contribution in [0.5, 0.6) is 0 Å². The van der Waals surface area contributed by atoms with Crippen molar-refractivity contribution in [2.24, 2.45) is 0 Å². The Labute approximate surface area is 88.2 Å². The highest BCUT2D eigenvalue weighted by atomic mass is 16.1. The van der Waals surface area contributed by atoms with Gasteiger partial charge in [-0.15, -0.1) is 0 Å². The maximum atomic E-state index is 10.1. The lowest BCUT2D eigenvalue weighted by Gasteiger charge is -1.89. The van der Waals surface area contributed by atoms with Gasteiger partial charge in [0.25, 0.3) is 0 Å². The van der Waals surface area contributed by atoms with E-state index >= 15 is 0 Å². The van der Waals surface area contributed by atoms with Gasteiger partial charge in [0.1, 0.15) is 6.29 Å². The van der Waals surface area contributed by atoms with Crippen molar-refractivity contribution >= 4 is 6.29 Å². The van der Waals surface area contributed by atoms with Crippen LogP contribution in [-0.4, -0.2) is 6.29 Å². The molecule has 1 aromatic carbocycles. The molecule has 0 fully saturated rings. The summed E-state index contributed by atoms with van der Waals surface area (Å²) in [4.78, 5) is 10.1. The van der Waals surface area contributed by atoms with E-state index in [0.717, 1.165) is 11.8 Å². The third-order valence-electron chi connectivity index (χ3n) is 1.21. The van der Waals surface area contributed by atoms with Crippen LogP contribution in [0.15, 0.2) is 24.3 Å². The molecule has 0 aliphatic carbocycles. The molecule has 80 valence electrons. The number of aryl methyl sites for hydroxylation is 1. The predicted octanol–water partition coefficient (Wildman–Crippen LogP) is 4.25. The van der Waals surface area contributed by atoms with Gasteiger partial charge in [-0.3, -0.25) is 4.79 Å². The van der Waals surface area contributed by atoms with Crippen LogP contribution < -0.4 is 0 Å². The lowest BCUT2D eigenvalue weighted by Crippen LogP contribution is -1.77. The summed E-state index contributed by atoms with van der Waals surface area (Å²) in [6, 6.07) is 7.46. The second kappa shape index (κ2) is 11.9. The number of hydrogen-bond acceptors (Lipinski definition) is 1. The van der Waals surface area contributed by atoms with Crippen molar-refractivity contribution in [1.82, 2.24) is 0 Å². The smallest absolute Gasteiger partial charge is 0.150 e. The first-order valence-corrected chi connectivity index (χ1v) is 5.26. The van der Waals surface area contributed by atoms with Gasteiger partial charge in [-0.2, -0.15) is 0 Å². The van der Waals surface area contributed by atoms with Gasteiger partial charge in [-0.05, 0) is 6.92 Å². The summed E-state index contributed by atoms with van der Waals surface area (Å²) in [5.74, 6) is 0. The van der Waals surface area contributed by atoms with Crippen molar-refractivity contribution in [3.05, 3.63) is 35.4 Å². The zero-order valence-corrected chi connectivity index (χ0v) is 10.0. The van der Waals surface area contributed by atoms with Crippen molar-refractivity contribution in [2.45, 2.75) is 41.0 Å². The minimum Gasteiger partial charge on any atom is -0.298 e. The average Bonchev–Trinajstić information content (AvgIpc) is 2.23. The Kier molecular flexibility index (Phi) is 13.1. The van der Waals surface area contributed by atoms with Gasteiger partial charge in [0.05, 0.1) is 0 Å². The molecule has 0 bridgehead atoms. The maximum absolute atomic E-state index is 10.1. The van der Waals surface area contributed by atoms with Crippen molar-refractivity contribution in [3.8, 4) is 0 Å². The van der Waals surface area contributed by atoms with Gasteiger partial charge < -0.3 is 0 Å². The summed E-state index contributed by atoms with van der Waals surface area (Å²) in [7, 11) is 0. The van der Waals surface area contributed by atoms with E-state index in [-0.39, 0.29) is 0 Å². The molecule has 0 spiro atoms. The number of rotatable bonds is 1. The molecule has 1 aromatic rings. The third-order valence-corrected chi connectivity index (χ3v) is 1.21. The second-order valence-corrected chi connectivity index (χ2v) is 2.74. The van der Waals surface area contributed by atoms with Crippen molar-refractivity contribution < 1.29 is 4.79 Å². The molecule has 0 aliphatic heterocycles. The molecule has 0 atom stereocenters. The standard InChI is InChI=1S/C8H8O.C3H8.C2H6/c1-7-2-4-8(6-9)5-3-7;1-3-2;1-2/h2-6H,1H3;3H2,1-2H3;1-2H3. The lowest BCUT2D eigenvalue weighted by molar-refractivity contribution is 0.112. The molecule has 0 saturated heterocycles. The van der Waals surface area contributed by atoms with Crippen LogP contribution in [0.1, 0.15) is 50.0 Å². The number of benzene rings is 1. The minimum absolute atomic E-state index is 0.737. The van der Waals surface area contributed by atoms with E-state index in [1.54, 1.807) is 0 Å². The van der Waals surface area contributed by atoms with Gasteiger partial charge in [0.15, 0.2) is 0 Å². The quantitative estimate of drug-likeness (QED) is 0.611. The molecule has 1 rings (SSSR count). The molecule has 0 unspecified atom stereocenters. The fourth-order valence-corrected chi connectivity index (χ4v) is 0.645. The average molecular weight is 194 g/mol. The maximum Gasteiger partial charge on any atom is 0.150 e. The first kappa shape index (κ1) is 15.4. The van der Waals surface area contributed by atoms with Gasteiger partial charge in [0, 0.05) is 5.56 Å². The summed E-state index contributed by atoms with van der Waals surface area (Å²) >= 11 is 0.